The summed E-state index contributed by atoms with van der Waals surface area (Å²) < 4.78 is 17.2. The number of rotatable bonds is 5. The van der Waals surface area contributed by atoms with Crippen LogP contribution in [0, 0.1) is 0 Å². The van der Waals surface area contributed by atoms with Crippen LogP contribution in [-0.4, -0.2) is 61.3 Å². The van der Waals surface area contributed by atoms with Crippen LogP contribution in [0.2, 0.25) is 0 Å². The fraction of sp³-hybridized carbons (Fsp3) is 0.458. The number of ether oxygens (including phenoxy) is 3. The van der Waals surface area contributed by atoms with E-state index in [9.17, 15) is 4.79 Å². The maximum Gasteiger partial charge on any atom is 0.258 e. The van der Waals surface area contributed by atoms with Gasteiger partial charge in [-0.2, -0.15) is 0 Å². The molecule has 1 amide bonds. The van der Waals surface area contributed by atoms with E-state index in [1.807, 2.05) is 49.1 Å². The molecule has 6 heteroatoms. The molecule has 1 saturated heterocycles. The van der Waals surface area contributed by atoms with Gasteiger partial charge in [-0.05, 0) is 43.7 Å². The molecule has 0 radical (unpaired) electrons. The minimum absolute atomic E-state index is 0.0263. The van der Waals surface area contributed by atoms with Crippen molar-refractivity contribution in [2.45, 2.75) is 33.0 Å². The third-order valence-electron chi connectivity index (χ3n) is 5.67. The molecule has 1 fully saturated rings. The van der Waals surface area contributed by atoms with Gasteiger partial charge in [-0.15, -0.1) is 0 Å². The van der Waals surface area contributed by atoms with Gasteiger partial charge in [0.25, 0.3) is 5.91 Å². The van der Waals surface area contributed by atoms with Gasteiger partial charge in [-0.25, -0.2) is 0 Å². The first-order valence-electron chi connectivity index (χ1n) is 10.7. The highest BCUT2D eigenvalue weighted by molar-refractivity contribution is 5.97. The zero-order valence-electron chi connectivity index (χ0n) is 17.8. The first-order chi connectivity index (χ1) is 14.7. The molecule has 0 aliphatic carbocycles. The van der Waals surface area contributed by atoms with Gasteiger partial charge in [0.05, 0.1) is 38.0 Å². The second-order valence-electron chi connectivity index (χ2n) is 7.85. The molecule has 2 aliphatic rings. The third kappa shape index (κ3) is 4.60. The molecule has 30 heavy (non-hydrogen) atoms. The zero-order chi connectivity index (χ0) is 20.9. The number of hydrogen-bond acceptors (Lipinski definition) is 5. The lowest BCUT2D eigenvalue weighted by Crippen LogP contribution is -2.40. The average molecular weight is 411 g/mol. The van der Waals surface area contributed by atoms with Crippen molar-refractivity contribution in [2.75, 3.05) is 39.5 Å². The van der Waals surface area contributed by atoms with E-state index < -0.39 is 0 Å². The Kier molecular flexibility index (Phi) is 6.55. The van der Waals surface area contributed by atoms with Crippen LogP contribution in [0.15, 0.2) is 42.5 Å². The summed E-state index contributed by atoms with van der Waals surface area (Å²) in [5.74, 6) is 1.46. The Bertz CT molecular complexity index is 879. The predicted molar refractivity (Wildman–Crippen MR) is 115 cm³/mol. The Morgan fingerprint density at radius 3 is 2.77 bits per heavy atom. The lowest BCUT2D eigenvalue weighted by molar-refractivity contribution is 0.0341. The summed E-state index contributed by atoms with van der Waals surface area (Å²) in [5.41, 5.74) is 2.88. The molecule has 4 rings (SSSR count). The van der Waals surface area contributed by atoms with Crippen LogP contribution < -0.4 is 9.47 Å². The molecule has 0 spiro atoms. The van der Waals surface area contributed by atoms with Gasteiger partial charge in [-0.3, -0.25) is 9.69 Å². The van der Waals surface area contributed by atoms with Crippen LogP contribution >= 0.6 is 0 Å². The number of para-hydroxylation sites is 1. The number of carbonyl (C=O) groups is 1. The number of fused-ring (bicyclic) bond motifs is 1. The Balaban J connectivity index is 1.56. The quantitative estimate of drug-likeness (QED) is 0.757. The Morgan fingerprint density at radius 1 is 1.17 bits per heavy atom. The van der Waals surface area contributed by atoms with Crippen LogP contribution in [0.3, 0.4) is 0 Å². The van der Waals surface area contributed by atoms with Crippen molar-refractivity contribution in [3.63, 3.8) is 0 Å². The lowest BCUT2D eigenvalue weighted by Gasteiger charge is -2.28. The van der Waals surface area contributed by atoms with Gasteiger partial charge >= 0.3 is 0 Å². The average Bonchev–Trinajstić information content (AvgIpc) is 2.93. The molecule has 6 nitrogen and oxygen atoms in total. The summed E-state index contributed by atoms with van der Waals surface area (Å²) in [7, 11) is 0. The van der Waals surface area contributed by atoms with E-state index in [-0.39, 0.29) is 11.9 Å². The molecule has 2 aromatic carbocycles. The molecule has 2 aromatic rings. The number of amides is 1. The molecule has 0 N–H and O–H groups in total. The second-order valence-corrected chi connectivity index (χ2v) is 7.85. The SMILES string of the molecule is CCOc1ccccc1C(=O)N1Cc2cc(CN3CCOCC3)ccc2OC[C@@H]1C. The van der Waals surface area contributed by atoms with E-state index in [2.05, 4.69) is 17.0 Å². The van der Waals surface area contributed by atoms with E-state index in [1.54, 1.807) is 0 Å². The fourth-order valence-electron chi connectivity index (χ4n) is 4.00. The van der Waals surface area contributed by atoms with Crippen LogP contribution in [-0.2, 0) is 17.8 Å². The van der Waals surface area contributed by atoms with Gasteiger partial charge in [0, 0.05) is 25.2 Å². The van der Waals surface area contributed by atoms with Crippen molar-refractivity contribution in [2.24, 2.45) is 0 Å². The molecule has 1 atom stereocenters. The van der Waals surface area contributed by atoms with Crippen LogP contribution in [0.25, 0.3) is 0 Å². The Hall–Kier alpha value is -2.57. The zero-order valence-corrected chi connectivity index (χ0v) is 17.8. The van der Waals surface area contributed by atoms with Gasteiger partial charge < -0.3 is 19.1 Å². The van der Waals surface area contributed by atoms with E-state index >= 15 is 0 Å². The number of morpholine rings is 1. The third-order valence-corrected chi connectivity index (χ3v) is 5.67. The number of carbonyl (C=O) groups excluding carboxylic acids is 1. The number of benzene rings is 2. The maximum absolute atomic E-state index is 13.4. The predicted octanol–water partition coefficient (Wildman–Crippen LogP) is 3.34. The van der Waals surface area contributed by atoms with E-state index in [1.165, 1.54) is 5.56 Å². The largest absolute Gasteiger partial charge is 0.493 e. The van der Waals surface area contributed by atoms with Crippen molar-refractivity contribution in [3.8, 4) is 11.5 Å². The summed E-state index contributed by atoms with van der Waals surface area (Å²) >= 11 is 0. The van der Waals surface area contributed by atoms with E-state index in [0.29, 0.717) is 31.1 Å². The molecule has 2 aliphatic heterocycles. The van der Waals surface area contributed by atoms with Crippen molar-refractivity contribution in [3.05, 3.63) is 59.2 Å². The molecule has 0 saturated carbocycles. The van der Waals surface area contributed by atoms with Crippen LogP contribution in [0.4, 0.5) is 0 Å². The highest BCUT2D eigenvalue weighted by atomic mass is 16.5. The topological polar surface area (TPSA) is 51.2 Å². The fourth-order valence-corrected chi connectivity index (χ4v) is 4.00. The highest BCUT2D eigenvalue weighted by Crippen LogP contribution is 2.29. The van der Waals surface area contributed by atoms with E-state index in [0.717, 1.165) is 44.2 Å². The first kappa shape index (κ1) is 20.7. The molecular formula is C24H30N2O4. The first-order valence-corrected chi connectivity index (χ1v) is 10.7. The summed E-state index contributed by atoms with van der Waals surface area (Å²) in [6.07, 6.45) is 0. The van der Waals surface area contributed by atoms with Gasteiger partial charge in [-0.1, -0.05) is 18.2 Å². The van der Waals surface area contributed by atoms with Gasteiger partial charge in [0.1, 0.15) is 18.1 Å². The monoisotopic (exact) mass is 410 g/mol. The van der Waals surface area contributed by atoms with Gasteiger partial charge in [0.2, 0.25) is 0 Å². The van der Waals surface area contributed by atoms with Gasteiger partial charge in [0.15, 0.2) is 0 Å². The van der Waals surface area contributed by atoms with Crippen molar-refractivity contribution < 1.29 is 19.0 Å². The molecule has 0 unspecified atom stereocenters. The van der Waals surface area contributed by atoms with Crippen molar-refractivity contribution >= 4 is 5.91 Å². The smallest absolute Gasteiger partial charge is 0.258 e. The number of hydrogen-bond donors (Lipinski definition) is 0. The van der Waals surface area contributed by atoms with E-state index in [4.69, 9.17) is 14.2 Å². The van der Waals surface area contributed by atoms with Crippen molar-refractivity contribution in [1.82, 2.24) is 9.80 Å². The minimum Gasteiger partial charge on any atom is -0.493 e. The Morgan fingerprint density at radius 2 is 1.97 bits per heavy atom. The molecule has 0 bridgehead atoms. The molecule has 2 heterocycles. The highest BCUT2D eigenvalue weighted by Gasteiger charge is 2.28. The maximum atomic E-state index is 13.4. The summed E-state index contributed by atoms with van der Waals surface area (Å²) in [6, 6.07) is 13.8. The second kappa shape index (κ2) is 9.49. The summed E-state index contributed by atoms with van der Waals surface area (Å²) in [5, 5.41) is 0. The molecular weight excluding hydrogens is 380 g/mol. The lowest BCUT2D eigenvalue weighted by atomic mass is 10.1. The van der Waals surface area contributed by atoms with Crippen LogP contribution in [0.5, 0.6) is 11.5 Å². The van der Waals surface area contributed by atoms with Crippen LogP contribution in [0.1, 0.15) is 35.3 Å². The molecule has 160 valence electrons. The Labute approximate surface area is 178 Å². The van der Waals surface area contributed by atoms with Crippen molar-refractivity contribution in [1.29, 1.82) is 0 Å². The molecule has 0 aromatic heterocycles. The minimum atomic E-state index is -0.0396. The number of nitrogens with zero attached hydrogens (tertiary/aromatic N) is 2. The normalized spacial score (nSPS) is 19.5. The summed E-state index contributed by atoms with van der Waals surface area (Å²) in [6.45, 7) is 9.82. The summed E-state index contributed by atoms with van der Waals surface area (Å²) in [4.78, 5) is 17.7. The standard InChI is InChI=1S/C24H30N2O4/c1-3-29-23-7-5-4-6-21(23)24(27)26-16-20-14-19(15-25-10-12-28-13-11-25)8-9-22(20)30-17-18(26)2/h4-9,14,18H,3,10-13,15-17H2,1-2H3/t18-/m0/s1.